The number of nitrogens with zero attached hydrogens (tertiary/aromatic N) is 1. The summed E-state index contributed by atoms with van der Waals surface area (Å²) < 4.78 is 5.54. The highest BCUT2D eigenvalue weighted by Gasteiger charge is 2.15. The average molecular weight is 291 g/mol. The minimum Gasteiger partial charge on any atom is -0.481 e. The van der Waals surface area contributed by atoms with Gasteiger partial charge in [0, 0.05) is 11.2 Å². The van der Waals surface area contributed by atoms with E-state index in [0.717, 1.165) is 5.56 Å². The van der Waals surface area contributed by atoms with Crippen LogP contribution in [0.2, 0.25) is 5.02 Å². The number of hydrogen-bond donors (Lipinski definition) is 1. The molecule has 0 radical (unpaired) electrons. The fraction of sp³-hybridized carbons (Fsp3) is 0.200. The first kappa shape index (κ1) is 14.3. The van der Waals surface area contributed by atoms with Crippen LogP contribution in [0, 0.1) is 6.92 Å². The Bertz CT molecular complexity index is 616. The molecule has 1 heterocycles. The van der Waals surface area contributed by atoms with Gasteiger partial charge >= 0.3 is 0 Å². The van der Waals surface area contributed by atoms with Gasteiger partial charge in [-0.15, -0.1) is 0 Å². The summed E-state index contributed by atoms with van der Waals surface area (Å²) in [7, 11) is 0. The van der Waals surface area contributed by atoms with Gasteiger partial charge in [0.15, 0.2) is 6.10 Å². The lowest BCUT2D eigenvalue weighted by Crippen LogP contribution is -2.30. The largest absolute Gasteiger partial charge is 0.481 e. The van der Waals surface area contributed by atoms with Crippen molar-refractivity contribution in [3.8, 4) is 5.75 Å². The molecule has 1 amide bonds. The second-order valence-corrected chi connectivity index (χ2v) is 4.86. The SMILES string of the molecule is Cc1ccnc(NC(=O)[C@H](C)Oc2cccc(Cl)c2)c1. The molecule has 0 unspecified atom stereocenters. The molecule has 0 aliphatic carbocycles. The predicted molar refractivity (Wildman–Crippen MR) is 79.1 cm³/mol. The molecular formula is C15H15ClN2O2. The molecule has 0 aliphatic rings. The molecule has 104 valence electrons. The summed E-state index contributed by atoms with van der Waals surface area (Å²) in [5, 5.41) is 3.27. The van der Waals surface area contributed by atoms with Gasteiger partial charge in [0.1, 0.15) is 11.6 Å². The smallest absolute Gasteiger partial charge is 0.266 e. The predicted octanol–water partition coefficient (Wildman–Crippen LogP) is 3.45. The standard InChI is InChI=1S/C15H15ClN2O2/c1-10-6-7-17-14(8-10)18-15(19)11(2)20-13-5-3-4-12(16)9-13/h3-9,11H,1-2H3,(H,17,18,19)/t11-/m0/s1. The topological polar surface area (TPSA) is 51.2 Å². The summed E-state index contributed by atoms with van der Waals surface area (Å²) in [4.78, 5) is 16.1. The minimum atomic E-state index is -0.643. The number of ether oxygens (including phenoxy) is 1. The molecule has 4 nitrogen and oxygen atoms in total. The van der Waals surface area contributed by atoms with Gasteiger partial charge in [-0.1, -0.05) is 17.7 Å². The second-order valence-electron chi connectivity index (χ2n) is 4.43. The highest BCUT2D eigenvalue weighted by molar-refractivity contribution is 6.30. The Morgan fingerprint density at radius 2 is 2.15 bits per heavy atom. The van der Waals surface area contributed by atoms with Crippen molar-refractivity contribution >= 4 is 23.3 Å². The van der Waals surface area contributed by atoms with Crippen molar-refractivity contribution in [1.29, 1.82) is 0 Å². The zero-order chi connectivity index (χ0) is 14.5. The van der Waals surface area contributed by atoms with E-state index in [2.05, 4.69) is 10.3 Å². The van der Waals surface area contributed by atoms with Gasteiger partial charge in [-0.3, -0.25) is 4.79 Å². The lowest BCUT2D eigenvalue weighted by atomic mass is 10.3. The van der Waals surface area contributed by atoms with Crippen molar-refractivity contribution in [2.45, 2.75) is 20.0 Å². The minimum absolute atomic E-state index is 0.261. The average Bonchev–Trinajstić information content (AvgIpc) is 2.38. The molecule has 1 aromatic carbocycles. The number of anilines is 1. The van der Waals surface area contributed by atoms with E-state index < -0.39 is 6.10 Å². The van der Waals surface area contributed by atoms with Crippen LogP contribution in [0.3, 0.4) is 0 Å². The van der Waals surface area contributed by atoms with Gasteiger partial charge in [-0.25, -0.2) is 4.98 Å². The lowest BCUT2D eigenvalue weighted by molar-refractivity contribution is -0.122. The van der Waals surface area contributed by atoms with Crippen molar-refractivity contribution in [2.75, 3.05) is 5.32 Å². The van der Waals surface area contributed by atoms with E-state index in [1.165, 1.54) is 0 Å². The Hall–Kier alpha value is -2.07. The number of carbonyl (C=O) groups excluding carboxylic acids is 1. The van der Waals surface area contributed by atoms with Crippen molar-refractivity contribution in [3.05, 3.63) is 53.2 Å². The first-order valence-corrected chi connectivity index (χ1v) is 6.58. The van der Waals surface area contributed by atoms with E-state index in [4.69, 9.17) is 16.3 Å². The number of benzene rings is 1. The highest BCUT2D eigenvalue weighted by Crippen LogP contribution is 2.18. The van der Waals surface area contributed by atoms with Gasteiger partial charge in [0.05, 0.1) is 0 Å². The molecule has 1 atom stereocenters. The fourth-order valence-corrected chi connectivity index (χ4v) is 1.81. The molecule has 1 aromatic heterocycles. The quantitative estimate of drug-likeness (QED) is 0.938. The number of amides is 1. The Morgan fingerprint density at radius 3 is 2.85 bits per heavy atom. The Labute approximate surface area is 122 Å². The second kappa shape index (κ2) is 6.39. The van der Waals surface area contributed by atoms with Gasteiger partial charge in [-0.2, -0.15) is 0 Å². The molecule has 0 aliphatic heterocycles. The van der Waals surface area contributed by atoms with Crippen LogP contribution < -0.4 is 10.1 Å². The zero-order valence-corrected chi connectivity index (χ0v) is 12.0. The molecule has 2 aromatic rings. The number of nitrogens with one attached hydrogen (secondary N) is 1. The Morgan fingerprint density at radius 1 is 1.35 bits per heavy atom. The third kappa shape index (κ3) is 3.96. The Kier molecular flexibility index (Phi) is 4.58. The molecule has 0 saturated heterocycles. The summed E-state index contributed by atoms with van der Waals surface area (Å²) in [5.74, 6) is 0.803. The molecule has 5 heteroatoms. The monoisotopic (exact) mass is 290 g/mol. The van der Waals surface area contributed by atoms with Crippen LogP contribution in [0.15, 0.2) is 42.6 Å². The van der Waals surface area contributed by atoms with Crippen LogP contribution in [0.4, 0.5) is 5.82 Å². The number of hydrogen-bond acceptors (Lipinski definition) is 3. The Balaban J connectivity index is 1.98. The highest BCUT2D eigenvalue weighted by atomic mass is 35.5. The third-order valence-electron chi connectivity index (χ3n) is 2.64. The summed E-state index contributed by atoms with van der Waals surface area (Å²) in [6, 6.07) is 10.6. The van der Waals surface area contributed by atoms with Crippen LogP contribution in [0.25, 0.3) is 0 Å². The molecule has 0 bridgehead atoms. The molecule has 1 N–H and O–H groups in total. The maximum atomic E-state index is 12.0. The maximum Gasteiger partial charge on any atom is 0.266 e. The molecular weight excluding hydrogens is 276 g/mol. The first-order valence-electron chi connectivity index (χ1n) is 6.20. The molecule has 0 spiro atoms. The van der Waals surface area contributed by atoms with Gasteiger partial charge < -0.3 is 10.1 Å². The van der Waals surface area contributed by atoms with Crippen LogP contribution >= 0.6 is 11.6 Å². The number of rotatable bonds is 4. The van der Waals surface area contributed by atoms with E-state index in [0.29, 0.717) is 16.6 Å². The fourth-order valence-electron chi connectivity index (χ4n) is 1.63. The first-order chi connectivity index (χ1) is 9.54. The van der Waals surface area contributed by atoms with Crippen LogP contribution in [-0.2, 0) is 4.79 Å². The molecule has 20 heavy (non-hydrogen) atoms. The summed E-state index contributed by atoms with van der Waals surface area (Å²) in [6.07, 6.45) is 1.00. The van der Waals surface area contributed by atoms with Crippen LogP contribution in [-0.4, -0.2) is 17.0 Å². The number of carbonyl (C=O) groups is 1. The van der Waals surface area contributed by atoms with Gasteiger partial charge in [0.2, 0.25) is 0 Å². The normalized spacial score (nSPS) is 11.8. The van der Waals surface area contributed by atoms with Crippen molar-refractivity contribution in [3.63, 3.8) is 0 Å². The van der Waals surface area contributed by atoms with E-state index in [1.807, 2.05) is 13.0 Å². The molecule has 2 rings (SSSR count). The number of aromatic nitrogens is 1. The third-order valence-corrected chi connectivity index (χ3v) is 2.88. The number of pyridine rings is 1. The maximum absolute atomic E-state index is 12.0. The van der Waals surface area contributed by atoms with Gasteiger partial charge in [-0.05, 0) is 49.7 Å². The van der Waals surface area contributed by atoms with E-state index >= 15 is 0 Å². The van der Waals surface area contributed by atoms with E-state index in [-0.39, 0.29) is 5.91 Å². The zero-order valence-electron chi connectivity index (χ0n) is 11.3. The summed E-state index contributed by atoms with van der Waals surface area (Å²) in [5.41, 5.74) is 1.03. The van der Waals surface area contributed by atoms with Crippen LogP contribution in [0.1, 0.15) is 12.5 Å². The molecule has 0 fully saturated rings. The van der Waals surface area contributed by atoms with Crippen molar-refractivity contribution in [1.82, 2.24) is 4.98 Å². The van der Waals surface area contributed by atoms with Crippen molar-refractivity contribution < 1.29 is 9.53 Å². The van der Waals surface area contributed by atoms with E-state index in [1.54, 1.807) is 43.5 Å². The molecule has 0 saturated carbocycles. The van der Waals surface area contributed by atoms with Crippen LogP contribution in [0.5, 0.6) is 5.75 Å². The lowest BCUT2D eigenvalue weighted by Gasteiger charge is -2.14. The number of halogens is 1. The summed E-state index contributed by atoms with van der Waals surface area (Å²) >= 11 is 5.86. The van der Waals surface area contributed by atoms with E-state index in [9.17, 15) is 4.79 Å². The van der Waals surface area contributed by atoms with Crippen molar-refractivity contribution in [2.24, 2.45) is 0 Å². The number of aryl methyl sites for hydroxylation is 1. The van der Waals surface area contributed by atoms with Gasteiger partial charge in [0.25, 0.3) is 5.91 Å². The summed E-state index contributed by atoms with van der Waals surface area (Å²) in [6.45, 7) is 3.61.